The van der Waals surface area contributed by atoms with Gasteiger partial charge in [-0.3, -0.25) is 0 Å². The lowest BCUT2D eigenvalue weighted by Crippen LogP contribution is -2.01. The number of H-pyrrole nitrogens is 1. The number of hydrogen-bond acceptors (Lipinski definition) is 6. The maximum atomic E-state index is 11.6. The van der Waals surface area contributed by atoms with Gasteiger partial charge in [-0.2, -0.15) is 0 Å². The number of nitrogens with zero attached hydrogens (tertiary/aromatic N) is 3. The third kappa shape index (κ3) is 1.65. The van der Waals surface area contributed by atoms with Crippen molar-refractivity contribution in [1.82, 2.24) is 19.6 Å². The lowest BCUT2D eigenvalue weighted by molar-refractivity contribution is 0.0603. The molecular weight excluding hydrogens is 252 g/mol. The summed E-state index contributed by atoms with van der Waals surface area (Å²) < 4.78 is 8.51. The maximum Gasteiger partial charge on any atom is 0.340 e. The highest BCUT2D eigenvalue weighted by Crippen LogP contribution is 2.24. The van der Waals surface area contributed by atoms with Gasteiger partial charge in [0.1, 0.15) is 10.4 Å². The van der Waals surface area contributed by atoms with Gasteiger partial charge in [-0.25, -0.2) is 9.78 Å². The highest BCUT2D eigenvalue weighted by molar-refractivity contribution is 7.09. The summed E-state index contributed by atoms with van der Waals surface area (Å²) in [5.74, 6) is 0.248. The number of imidazole rings is 1. The molecule has 2 aromatic heterocycles. The summed E-state index contributed by atoms with van der Waals surface area (Å²) in [6.07, 6.45) is 1.63. The normalized spacial score (nSPS) is 10.7. The van der Waals surface area contributed by atoms with E-state index in [9.17, 15) is 4.79 Å². The number of carbonyl (C=O) groups excluding carboxylic acids is 1. The highest BCUT2D eigenvalue weighted by Gasteiger charge is 2.15. The van der Waals surface area contributed by atoms with E-state index in [1.54, 1.807) is 18.3 Å². The molecule has 18 heavy (non-hydrogen) atoms. The van der Waals surface area contributed by atoms with Crippen LogP contribution in [0.2, 0.25) is 0 Å². The number of para-hydroxylation sites is 1. The third-order valence-corrected chi connectivity index (χ3v) is 3.18. The summed E-state index contributed by atoms with van der Waals surface area (Å²) >= 11 is 1.24. The van der Waals surface area contributed by atoms with Crippen molar-refractivity contribution in [3.05, 3.63) is 30.0 Å². The van der Waals surface area contributed by atoms with Crippen LogP contribution in [0, 0.1) is 0 Å². The van der Waals surface area contributed by atoms with Crippen LogP contribution >= 0.6 is 11.5 Å². The van der Waals surface area contributed by atoms with Crippen molar-refractivity contribution in [3.63, 3.8) is 0 Å². The molecule has 6 nitrogen and oxygen atoms in total. The number of ether oxygens (including phenoxy) is 1. The molecule has 0 aliphatic heterocycles. The maximum absolute atomic E-state index is 11.6. The van der Waals surface area contributed by atoms with Crippen LogP contribution in [0.4, 0.5) is 0 Å². The largest absolute Gasteiger partial charge is 0.465 e. The van der Waals surface area contributed by atoms with Crippen molar-refractivity contribution in [2.24, 2.45) is 0 Å². The summed E-state index contributed by atoms with van der Waals surface area (Å²) in [4.78, 5) is 20.0. The molecule has 0 spiro atoms. The molecule has 1 aromatic carbocycles. The van der Waals surface area contributed by atoms with Gasteiger partial charge < -0.3 is 9.72 Å². The lowest BCUT2D eigenvalue weighted by Gasteiger charge is -1.98. The molecule has 0 amide bonds. The van der Waals surface area contributed by atoms with Crippen molar-refractivity contribution in [1.29, 1.82) is 0 Å². The summed E-state index contributed by atoms with van der Waals surface area (Å²) in [6.45, 7) is 0. The molecule has 0 fully saturated rings. The van der Waals surface area contributed by atoms with Crippen LogP contribution in [0.1, 0.15) is 10.4 Å². The second-order valence-electron chi connectivity index (χ2n) is 3.56. The number of benzene rings is 1. The van der Waals surface area contributed by atoms with Crippen molar-refractivity contribution in [3.8, 4) is 10.7 Å². The molecule has 3 rings (SSSR count). The Balaban J connectivity index is 2.20. The van der Waals surface area contributed by atoms with Gasteiger partial charge in [0.05, 0.1) is 24.4 Å². The number of methoxy groups -OCH3 is 1. The Bertz CT molecular complexity index is 705. The molecule has 90 valence electrons. The van der Waals surface area contributed by atoms with E-state index in [-0.39, 0.29) is 0 Å². The number of aromatic amines is 1. The van der Waals surface area contributed by atoms with Gasteiger partial charge in [0.25, 0.3) is 0 Å². The second kappa shape index (κ2) is 4.19. The Morgan fingerprint density at radius 3 is 3.06 bits per heavy atom. The first-order chi connectivity index (χ1) is 8.79. The van der Waals surface area contributed by atoms with Crippen molar-refractivity contribution in [2.45, 2.75) is 0 Å². The monoisotopic (exact) mass is 260 g/mol. The highest BCUT2D eigenvalue weighted by atomic mass is 32.1. The molecule has 0 unspecified atom stereocenters. The minimum atomic E-state index is -0.402. The Morgan fingerprint density at radius 2 is 2.33 bits per heavy atom. The Kier molecular flexibility index (Phi) is 2.52. The number of hydrogen-bond donors (Lipinski definition) is 1. The summed E-state index contributed by atoms with van der Waals surface area (Å²) in [6, 6.07) is 5.32. The summed E-state index contributed by atoms with van der Waals surface area (Å²) in [7, 11) is 1.35. The first-order valence-corrected chi connectivity index (χ1v) is 5.91. The minimum absolute atomic E-state index is 0.402. The molecular formula is C11H8N4O2S. The Hall–Kier alpha value is -2.28. The molecule has 7 heteroatoms. The third-order valence-electron chi connectivity index (χ3n) is 2.51. The van der Waals surface area contributed by atoms with Crippen LogP contribution in [0.25, 0.3) is 21.7 Å². The average molecular weight is 260 g/mol. The predicted molar refractivity (Wildman–Crippen MR) is 66.3 cm³/mol. The van der Waals surface area contributed by atoms with Gasteiger partial charge in [-0.05, 0) is 23.7 Å². The van der Waals surface area contributed by atoms with Crippen LogP contribution < -0.4 is 0 Å². The number of aromatic nitrogens is 4. The van der Waals surface area contributed by atoms with Gasteiger partial charge in [-0.1, -0.05) is 10.6 Å². The summed E-state index contributed by atoms with van der Waals surface area (Å²) in [5.41, 5.74) is 1.81. The fraction of sp³-hybridized carbons (Fsp3) is 0.0909. The van der Waals surface area contributed by atoms with Crippen molar-refractivity contribution in [2.75, 3.05) is 7.11 Å². The molecule has 0 aliphatic carbocycles. The SMILES string of the molecule is COC(=O)c1cccc2[nH]c(-c3cnns3)nc12. The number of fused-ring (bicyclic) bond motifs is 1. The molecule has 0 atom stereocenters. The van der Waals surface area contributed by atoms with E-state index >= 15 is 0 Å². The van der Waals surface area contributed by atoms with Crippen LogP contribution in [0.3, 0.4) is 0 Å². The smallest absolute Gasteiger partial charge is 0.340 e. The molecule has 2 heterocycles. The van der Waals surface area contributed by atoms with E-state index in [4.69, 9.17) is 4.74 Å². The van der Waals surface area contributed by atoms with Crippen LogP contribution in [0.15, 0.2) is 24.4 Å². The molecule has 0 saturated carbocycles. The van der Waals surface area contributed by atoms with E-state index in [0.717, 1.165) is 10.4 Å². The molecule has 0 bridgehead atoms. The molecule has 0 radical (unpaired) electrons. The van der Waals surface area contributed by atoms with E-state index in [1.807, 2.05) is 6.07 Å². The fourth-order valence-electron chi connectivity index (χ4n) is 1.70. The summed E-state index contributed by atoms with van der Waals surface area (Å²) in [5, 5.41) is 3.76. The Labute approximate surface area is 106 Å². The number of carbonyl (C=O) groups is 1. The minimum Gasteiger partial charge on any atom is -0.465 e. The zero-order chi connectivity index (χ0) is 12.5. The lowest BCUT2D eigenvalue weighted by atomic mass is 10.2. The van der Waals surface area contributed by atoms with Gasteiger partial charge in [-0.15, -0.1) is 5.10 Å². The van der Waals surface area contributed by atoms with Gasteiger partial charge in [0.2, 0.25) is 0 Å². The molecule has 0 aliphatic rings. The quantitative estimate of drug-likeness (QED) is 0.711. The van der Waals surface area contributed by atoms with E-state index in [2.05, 4.69) is 19.6 Å². The number of esters is 1. The van der Waals surface area contributed by atoms with E-state index in [1.165, 1.54) is 18.6 Å². The standard InChI is InChI=1S/C11H8N4O2S/c1-17-11(16)6-3-2-4-7-9(6)14-10(13-7)8-5-12-15-18-8/h2-5H,1H3,(H,13,14). The van der Waals surface area contributed by atoms with Gasteiger partial charge >= 0.3 is 5.97 Å². The van der Waals surface area contributed by atoms with Crippen molar-refractivity contribution < 1.29 is 9.53 Å². The second-order valence-corrected chi connectivity index (χ2v) is 4.35. The van der Waals surface area contributed by atoms with E-state index in [0.29, 0.717) is 16.9 Å². The molecule has 0 saturated heterocycles. The average Bonchev–Trinajstić information content (AvgIpc) is 3.04. The first-order valence-electron chi connectivity index (χ1n) is 5.14. The predicted octanol–water partition coefficient (Wildman–Crippen LogP) is 1.87. The van der Waals surface area contributed by atoms with Gasteiger partial charge in [0.15, 0.2) is 5.82 Å². The fourth-order valence-corrected chi connectivity index (χ4v) is 2.15. The topological polar surface area (TPSA) is 80.8 Å². The number of nitrogens with one attached hydrogen (secondary N) is 1. The van der Waals surface area contributed by atoms with Crippen LogP contribution in [-0.2, 0) is 4.74 Å². The van der Waals surface area contributed by atoms with E-state index < -0.39 is 5.97 Å². The molecule has 1 N–H and O–H groups in total. The zero-order valence-electron chi connectivity index (χ0n) is 9.38. The van der Waals surface area contributed by atoms with Crippen LogP contribution in [0.5, 0.6) is 0 Å². The zero-order valence-corrected chi connectivity index (χ0v) is 10.2. The number of rotatable bonds is 2. The first kappa shape index (κ1) is 10.8. The van der Waals surface area contributed by atoms with Gasteiger partial charge in [0, 0.05) is 0 Å². The van der Waals surface area contributed by atoms with Crippen LogP contribution in [-0.4, -0.2) is 32.6 Å². The van der Waals surface area contributed by atoms with Crippen molar-refractivity contribution >= 4 is 28.5 Å². The molecule has 3 aromatic rings. The Morgan fingerprint density at radius 1 is 1.44 bits per heavy atom.